The highest BCUT2D eigenvalue weighted by molar-refractivity contribution is 6.30. The predicted molar refractivity (Wildman–Crippen MR) is 101 cm³/mol. The lowest BCUT2D eigenvalue weighted by Crippen LogP contribution is -2.30. The fourth-order valence-electron chi connectivity index (χ4n) is 3.03. The Hall–Kier alpha value is -3.26. The summed E-state index contributed by atoms with van der Waals surface area (Å²) >= 11 is 6.01. The van der Waals surface area contributed by atoms with Gasteiger partial charge in [0.15, 0.2) is 5.69 Å². The van der Waals surface area contributed by atoms with Crippen molar-refractivity contribution in [3.63, 3.8) is 0 Å². The molecule has 0 spiro atoms. The van der Waals surface area contributed by atoms with Crippen LogP contribution in [0.2, 0.25) is 5.02 Å². The van der Waals surface area contributed by atoms with E-state index in [1.165, 1.54) is 17.0 Å². The summed E-state index contributed by atoms with van der Waals surface area (Å²) in [5, 5.41) is 7.24. The van der Waals surface area contributed by atoms with Crippen LogP contribution in [0.5, 0.6) is 0 Å². The molecule has 142 valence electrons. The van der Waals surface area contributed by atoms with Gasteiger partial charge in [0.2, 0.25) is 5.91 Å². The van der Waals surface area contributed by atoms with Gasteiger partial charge in [-0.3, -0.25) is 14.6 Å². The highest BCUT2D eigenvalue weighted by Gasteiger charge is 2.27. The van der Waals surface area contributed by atoms with E-state index in [1.807, 2.05) is 6.92 Å². The van der Waals surface area contributed by atoms with Gasteiger partial charge >= 0.3 is 0 Å². The van der Waals surface area contributed by atoms with Crippen molar-refractivity contribution >= 4 is 23.4 Å². The number of aryl methyl sites for hydroxylation is 1. The first-order valence-electron chi connectivity index (χ1n) is 8.46. The molecule has 0 atom stereocenters. The van der Waals surface area contributed by atoms with Gasteiger partial charge in [-0.05, 0) is 43.3 Å². The van der Waals surface area contributed by atoms with Crippen LogP contribution < -0.4 is 5.32 Å². The molecule has 0 saturated carbocycles. The van der Waals surface area contributed by atoms with E-state index >= 15 is 0 Å². The molecule has 28 heavy (non-hydrogen) atoms. The molecule has 3 heterocycles. The van der Waals surface area contributed by atoms with Crippen LogP contribution in [0, 0.1) is 12.7 Å². The summed E-state index contributed by atoms with van der Waals surface area (Å²) in [4.78, 5) is 29.7. The second-order valence-corrected chi connectivity index (χ2v) is 6.84. The summed E-state index contributed by atoms with van der Waals surface area (Å²) in [6.45, 7) is 1.93. The van der Waals surface area contributed by atoms with E-state index in [0.29, 0.717) is 16.9 Å². The molecule has 2 aromatic heterocycles. The van der Waals surface area contributed by atoms with E-state index in [2.05, 4.69) is 15.4 Å². The Morgan fingerprint density at radius 1 is 1.25 bits per heavy atom. The van der Waals surface area contributed by atoms with Crippen LogP contribution in [-0.4, -0.2) is 44.7 Å². The zero-order valence-corrected chi connectivity index (χ0v) is 15.6. The smallest absolute Gasteiger partial charge is 0.276 e. The zero-order chi connectivity index (χ0) is 19.8. The predicted octanol–water partition coefficient (Wildman–Crippen LogP) is 2.56. The standard InChI is InChI=1S/C19H15ClFN5O2/c1-11-4-15(2-3-22-11)26-17(12-5-13(20)7-14(21)6-12)8-16(24-26)19(28)25-9-18(27)23-10-25/h2-8H,9-10H2,1H3,(H,23,27). The van der Waals surface area contributed by atoms with E-state index in [1.54, 1.807) is 35.1 Å². The van der Waals surface area contributed by atoms with E-state index in [-0.39, 0.29) is 29.8 Å². The van der Waals surface area contributed by atoms with Gasteiger partial charge in [0.1, 0.15) is 12.4 Å². The Labute approximate surface area is 164 Å². The molecule has 7 nitrogen and oxygen atoms in total. The quantitative estimate of drug-likeness (QED) is 0.734. The normalized spacial score (nSPS) is 13.7. The molecule has 2 amide bonds. The van der Waals surface area contributed by atoms with Crippen molar-refractivity contribution in [2.75, 3.05) is 13.2 Å². The minimum absolute atomic E-state index is 0.0266. The monoisotopic (exact) mass is 399 g/mol. The first-order chi connectivity index (χ1) is 13.4. The van der Waals surface area contributed by atoms with Crippen LogP contribution in [0.25, 0.3) is 16.9 Å². The highest BCUT2D eigenvalue weighted by Crippen LogP contribution is 2.28. The van der Waals surface area contributed by atoms with E-state index in [0.717, 1.165) is 5.69 Å². The summed E-state index contributed by atoms with van der Waals surface area (Å²) in [6, 6.07) is 9.22. The van der Waals surface area contributed by atoms with Crippen LogP contribution in [0.3, 0.4) is 0 Å². The lowest BCUT2D eigenvalue weighted by atomic mass is 10.1. The number of aromatic nitrogens is 3. The van der Waals surface area contributed by atoms with Crippen molar-refractivity contribution in [1.29, 1.82) is 0 Å². The van der Waals surface area contributed by atoms with Gasteiger partial charge in [0.25, 0.3) is 5.91 Å². The van der Waals surface area contributed by atoms with Crippen LogP contribution in [0.4, 0.5) is 4.39 Å². The molecule has 1 aliphatic rings. The second kappa shape index (κ2) is 7.05. The average Bonchev–Trinajstić information content (AvgIpc) is 3.27. The Morgan fingerprint density at radius 3 is 2.75 bits per heavy atom. The van der Waals surface area contributed by atoms with Crippen molar-refractivity contribution in [3.05, 3.63) is 64.8 Å². The number of halogens is 2. The molecule has 1 aliphatic heterocycles. The van der Waals surface area contributed by atoms with Gasteiger partial charge in [-0.15, -0.1) is 0 Å². The number of nitrogens with one attached hydrogen (secondary N) is 1. The first-order valence-corrected chi connectivity index (χ1v) is 8.84. The number of pyridine rings is 1. The molecular formula is C19H15ClFN5O2. The number of carbonyl (C=O) groups is 2. The SMILES string of the molecule is Cc1cc(-n2nc(C(=O)N3CNC(=O)C3)cc2-c2cc(F)cc(Cl)c2)ccn1. The van der Waals surface area contributed by atoms with E-state index < -0.39 is 11.7 Å². The third-order valence-corrected chi connectivity index (χ3v) is 4.52. The largest absolute Gasteiger partial charge is 0.337 e. The molecule has 1 N–H and O–H groups in total. The maximum absolute atomic E-state index is 13.9. The minimum atomic E-state index is -0.497. The molecule has 1 saturated heterocycles. The van der Waals surface area contributed by atoms with Gasteiger partial charge < -0.3 is 10.2 Å². The second-order valence-electron chi connectivity index (χ2n) is 6.40. The average molecular weight is 400 g/mol. The highest BCUT2D eigenvalue weighted by atomic mass is 35.5. The zero-order valence-electron chi connectivity index (χ0n) is 14.8. The molecule has 4 rings (SSSR count). The molecule has 0 radical (unpaired) electrons. The third kappa shape index (κ3) is 3.46. The van der Waals surface area contributed by atoms with Gasteiger partial charge in [-0.25, -0.2) is 9.07 Å². The fourth-order valence-corrected chi connectivity index (χ4v) is 3.25. The van der Waals surface area contributed by atoms with Crippen molar-refractivity contribution < 1.29 is 14.0 Å². The number of hydrogen-bond acceptors (Lipinski definition) is 4. The molecule has 0 unspecified atom stereocenters. The fraction of sp³-hybridized carbons (Fsp3) is 0.158. The summed E-state index contributed by atoms with van der Waals surface area (Å²) in [7, 11) is 0. The van der Waals surface area contributed by atoms with Crippen molar-refractivity contribution in [3.8, 4) is 16.9 Å². The summed E-state index contributed by atoms with van der Waals surface area (Å²) in [5.74, 6) is -1.12. The van der Waals surface area contributed by atoms with E-state index in [9.17, 15) is 14.0 Å². The van der Waals surface area contributed by atoms with Gasteiger partial charge in [0, 0.05) is 22.5 Å². The summed E-state index contributed by atoms with van der Waals surface area (Å²) in [6.07, 6.45) is 1.62. The number of rotatable bonds is 3. The van der Waals surface area contributed by atoms with Crippen LogP contribution in [-0.2, 0) is 4.79 Å². The van der Waals surface area contributed by atoms with Gasteiger partial charge in [-0.2, -0.15) is 5.10 Å². The van der Waals surface area contributed by atoms with Crippen LogP contribution >= 0.6 is 11.6 Å². The Balaban J connectivity index is 1.84. The summed E-state index contributed by atoms with van der Waals surface area (Å²) < 4.78 is 15.5. The molecule has 1 fully saturated rings. The van der Waals surface area contributed by atoms with E-state index in [4.69, 9.17) is 11.6 Å². The lowest BCUT2D eigenvalue weighted by Gasteiger charge is -2.10. The topological polar surface area (TPSA) is 80.1 Å². The van der Waals surface area contributed by atoms with Crippen LogP contribution in [0.1, 0.15) is 16.2 Å². The minimum Gasteiger partial charge on any atom is -0.337 e. The number of nitrogens with zero attached hydrogens (tertiary/aromatic N) is 4. The van der Waals surface area contributed by atoms with Crippen molar-refractivity contribution in [2.24, 2.45) is 0 Å². The van der Waals surface area contributed by atoms with Gasteiger partial charge in [0.05, 0.1) is 18.1 Å². The first kappa shape index (κ1) is 18.1. The number of benzene rings is 1. The Bertz CT molecular complexity index is 1080. The van der Waals surface area contributed by atoms with Crippen molar-refractivity contribution in [1.82, 2.24) is 25.0 Å². The maximum Gasteiger partial charge on any atom is 0.276 e. The van der Waals surface area contributed by atoms with Crippen LogP contribution in [0.15, 0.2) is 42.6 Å². The number of hydrogen-bond donors (Lipinski definition) is 1. The molecule has 1 aromatic carbocycles. The van der Waals surface area contributed by atoms with Gasteiger partial charge in [-0.1, -0.05) is 11.6 Å². The Morgan fingerprint density at radius 2 is 2.07 bits per heavy atom. The molecule has 0 bridgehead atoms. The third-order valence-electron chi connectivity index (χ3n) is 4.30. The molecule has 0 aliphatic carbocycles. The Kier molecular flexibility index (Phi) is 4.56. The summed E-state index contributed by atoms with van der Waals surface area (Å²) in [5.41, 5.74) is 2.54. The number of amides is 2. The number of carbonyl (C=O) groups excluding carboxylic acids is 2. The molecule has 3 aromatic rings. The lowest BCUT2D eigenvalue weighted by molar-refractivity contribution is -0.118. The maximum atomic E-state index is 13.9. The molecule has 9 heteroatoms. The van der Waals surface area contributed by atoms with Crippen molar-refractivity contribution in [2.45, 2.75) is 6.92 Å². The molecular weight excluding hydrogens is 385 g/mol.